The van der Waals surface area contributed by atoms with Crippen LogP contribution in [0.1, 0.15) is 46.0 Å². The number of hydrogen-bond acceptors (Lipinski definition) is 4. The van der Waals surface area contributed by atoms with Gasteiger partial charge < -0.3 is 15.1 Å². The summed E-state index contributed by atoms with van der Waals surface area (Å²) in [7, 11) is 0. The predicted molar refractivity (Wildman–Crippen MR) is 103 cm³/mol. The molecule has 0 aromatic carbocycles. The van der Waals surface area contributed by atoms with E-state index in [1.807, 2.05) is 16.7 Å². The van der Waals surface area contributed by atoms with Crippen LogP contribution in [0.25, 0.3) is 0 Å². The maximum Gasteiger partial charge on any atom is 0.239 e. The average Bonchev–Trinajstić information content (AvgIpc) is 3.22. The van der Waals surface area contributed by atoms with Crippen LogP contribution in [0.15, 0.2) is 0 Å². The van der Waals surface area contributed by atoms with Gasteiger partial charge in [-0.25, -0.2) is 0 Å². The van der Waals surface area contributed by atoms with Crippen LogP contribution >= 0.6 is 0 Å². The Bertz CT molecular complexity index is 478. The number of amides is 2. The van der Waals surface area contributed by atoms with Crippen molar-refractivity contribution in [3.63, 3.8) is 0 Å². The number of carbonyl (C=O) groups excluding carboxylic acids is 2. The van der Waals surface area contributed by atoms with E-state index in [2.05, 4.69) is 17.1 Å². The van der Waals surface area contributed by atoms with Gasteiger partial charge >= 0.3 is 0 Å². The molecule has 0 spiro atoms. The van der Waals surface area contributed by atoms with Crippen LogP contribution in [0, 0.1) is 11.8 Å². The first kappa shape index (κ1) is 19.6. The van der Waals surface area contributed by atoms with Gasteiger partial charge in [-0.1, -0.05) is 6.92 Å². The Morgan fingerprint density at radius 2 is 1.65 bits per heavy atom. The Hall–Kier alpha value is -1.14. The van der Waals surface area contributed by atoms with E-state index in [1.165, 1.54) is 12.8 Å². The van der Waals surface area contributed by atoms with Crippen molar-refractivity contribution >= 4 is 11.8 Å². The van der Waals surface area contributed by atoms with Gasteiger partial charge in [0.2, 0.25) is 11.8 Å². The lowest BCUT2D eigenvalue weighted by Crippen LogP contribution is -2.55. The normalized spacial score (nSPS) is 27.4. The molecule has 2 amide bonds. The molecular formula is C20H36N4O2. The minimum absolute atomic E-state index is 0.0578. The quantitative estimate of drug-likeness (QED) is 0.796. The second kappa shape index (κ2) is 9.18. The molecule has 0 radical (unpaired) electrons. The van der Waals surface area contributed by atoms with Gasteiger partial charge in [0.05, 0.1) is 6.04 Å². The Labute approximate surface area is 158 Å². The first-order chi connectivity index (χ1) is 12.6. The summed E-state index contributed by atoms with van der Waals surface area (Å²) in [5, 5.41) is 3.45. The summed E-state index contributed by atoms with van der Waals surface area (Å²) in [6, 6.07) is -0.0578. The number of rotatable bonds is 5. The highest BCUT2D eigenvalue weighted by atomic mass is 16.2. The topological polar surface area (TPSA) is 55.9 Å². The molecule has 3 aliphatic rings. The molecule has 0 aromatic rings. The third-order valence-electron chi connectivity index (χ3n) is 6.63. The molecular weight excluding hydrogens is 328 g/mol. The van der Waals surface area contributed by atoms with Crippen LogP contribution in [-0.4, -0.2) is 84.9 Å². The second-order valence-corrected chi connectivity index (χ2v) is 8.41. The van der Waals surface area contributed by atoms with E-state index in [0.29, 0.717) is 24.2 Å². The highest BCUT2D eigenvalue weighted by Crippen LogP contribution is 2.23. The summed E-state index contributed by atoms with van der Waals surface area (Å²) >= 11 is 0. The Morgan fingerprint density at radius 3 is 2.27 bits per heavy atom. The molecule has 3 unspecified atom stereocenters. The third kappa shape index (κ3) is 4.77. The summed E-state index contributed by atoms with van der Waals surface area (Å²) in [6.07, 6.45) is 5.40. The zero-order valence-electron chi connectivity index (χ0n) is 16.6. The van der Waals surface area contributed by atoms with Crippen molar-refractivity contribution in [2.24, 2.45) is 11.8 Å². The summed E-state index contributed by atoms with van der Waals surface area (Å²) < 4.78 is 0. The fourth-order valence-corrected chi connectivity index (χ4v) is 4.65. The summed E-state index contributed by atoms with van der Waals surface area (Å²) in [6.45, 7) is 11.4. The molecule has 3 aliphatic heterocycles. The zero-order chi connectivity index (χ0) is 18.5. The van der Waals surface area contributed by atoms with Crippen LogP contribution in [0.4, 0.5) is 0 Å². The van der Waals surface area contributed by atoms with Gasteiger partial charge in [-0.05, 0) is 57.5 Å². The Kier molecular flexibility index (Phi) is 6.92. The standard InChI is InChI=1S/C20H36N4O2/c1-16(18-6-5-7-21-15-18)14-19(25)23-12-10-22(11-13-23)17(2)20(26)24-8-3-4-9-24/h16-18,21H,3-15H2,1-2H3. The van der Waals surface area contributed by atoms with Gasteiger partial charge in [0.25, 0.3) is 0 Å². The molecule has 3 fully saturated rings. The lowest BCUT2D eigenvalue weighted by atomic mass is 9.85. The molecule has 0 saturated carbocycles. The first-order valence-corrected chi connectivity index (χ1v) is 10.6. The van der Waals surface area contributed by atoms with Gasteiger partial charge in [0, 0.05) is 45.7 Å². The predicted octanol–water partition coefficient (Wildman–Crippen LogP) is 1.17. The van der Waals surface area contributed by atoms with Gasteiger partial charge in [0.1, 0.15) is 0 Å². The first-order valence-electron chi connectivity index (χ1n) is 10.6. The molecule has 1 N–H and O–H groups in total. The molecule has 3 saturated heterocycles. The van der Waals surface area contributed by atoms with Crippen molar-refractivity contribution < 1.29 is 9.59 Å². The van der Waals surface area contributed by atoms with Crippen LogP contribution < -0.4 is 5.32 Å². The molecule has 3 atom stereocenters. The molecule has 0 aromatic heterocycles. The van der Waals surface area contributed by atoms with Crippen molar-refractivity contribution in [3.8, 4) is 0 Å². The molecule has 0 aliphatic carbocycles. The molecule has 6 heteroatoms. The highest BCUT2D eigenvalue weighted by Gasteiger charge is 2.31. The van der Waals surface area contributed by atoms with Crippen molar-refractivity contribution in [3.05, 3.63) is 0 Å². The summed E-state index contributed by atoms with van der Waals surface area (Å²) in [4.78, 5) is 31.5. The fraction of sp³-hybridized carbons (Fsp3) is 0.900. The minimum Gasteiger partial charge on any atom is -0.341 e. The van der Waals surface area contributed by atoms with Gasteiger partial charge in [-0.15, -0.1) is 0 Å². The lowest BCUT2D eigenvalue weighted by Gasteiger charge is -2.39. The van der Waals surface area contributed by atoms with Crippen molar-refractivity contribution in [1.82, 2.24) is 20.0 Å². The Morgan fingerprint density at radius 1 is 0.962 bits per heavy atom. The number of nitrogens with one attached hydrogen (secondary N) is 1. The van der Waals surface area contributed by atoms with Gasteiger partial charge in [-0.3, -0.25) is 14.5 Å². The van der Waals surface area contributed by atoms with E-state index in [-0.39, 0.29) is 11.9 Å². The van der Waals surface area contributed by atoms with Crippen molar-refractivity contribution in [2.45, 2.75) is 52.0 Å². The minimum atomic E-state index is -0.0578. The maximum atomic E-state index is 12.7. The highest BCUT2D eigenvalue weighted by molar-refractivity contribution is 5.82. The van der Waals surface area contributed by atoms with E-state index in [0.717, 1.165) is 65.2 Å². The van der Waals surface area contributed by atoms with E-state index < -0.39 is 0 Å². The Balaban J connectivity index is 1.42. The number of piperazine rings is 1. The molecule has 3 heterocycles. The number of piperidine rings is 1. The van der Waals surface area contributed by atoms with Crippen LogP contribution in [0.3, 0.4) is 0 Å². The van der Waals surface area contributed by atoms with Crippen molar-refractivity contribution in [2.75, 3.05) is 52.4 Å². The number of nitrogens with zero attached hydrogens (tertiary/aromatic N) is 3. The van der Waals surface area contributed by atoms with E-state index in [9.17, 15) is 9.59 Å². The van der Waals surface area contributed by atoms with E-state index >= 15 is 0 Å². The molecule has 148 valence electrons. The number of hydrogen-bond donors (Lipinski definition) is 1. The number of likely N-dealkylation sites (tertiary alicyclic amines) is 1. The van der Waals surface area contributed by atoms with Crippen LogP contribution in [0.5, 0.6) is 0 Å². The number of carbonyl (C=O) groups is 2. The molecule has 6 nitrogen and oxygen atoms in total. The van der Waals surface area contributed by atoms with Gasteiger partial charge in [0.15, 0.2) is 0 Å². The monoisotopic (exact) mass is 364 g/mol. The molecule has 26 heavy (non-hydrogen) atoms. The summed E-state index contributed by atoms with van der Waals surface area (Å²) in [5.74, 6) is 1.64. The smallest absolute Gasteiger partial charge is 0.239 e. The van der Waals surface area contributed by atoms with Crippen LogP contribution in [-0.2, 0) is 9.59 Å². The maximum absolute atomic E-state index is 12.7. The third-order valence-corrected chi connectivity index (χ3v) is 6.63. The largest absolute Gasteiger partial charge is 0.341 e. The molecule has 0 bridgehead atoms. The average molecular weight is 365 g/mol. The zero-order valence-corrected chi connectivity index (χ0v) is 16.6. The van der Waals surface area contributed by atoms with E-state index in [1.54, 1.807) is 0 Å². The van der Waals surface area contributed by atoms with Crippen LogP contribution in [0.2, 0.25) is 0 Å². The van der Waals surface area contributed by atoms with Gasteiger partial charge in [-0.2, -0.15) is 0 Å². The second-order valence-electron chi connectivity index (χ2n) is 8.41. The molecule has 3 rings (SSSR count). The summed E-state index contributed by atoms with van der Waals surface area (Å²) in [5.41, 5.74) is 0. The SMILES string of the molecule is CC(CC(=O)N1CCN(C(C)C(=O)N2CCCC2)CC1)C1CCCNC1. The fourth-order valence-electron chi connectivity index (χ4n) is 4.65. The lowest BCUT2D eigenvalue weighted by molar-refractivity contribution is -0.138. The van der Waals surface area contributed by atoms with Crippen molar-refractivity contribution in [1.29, 1.82) is 0 Å². The van der Waals surface area contributed by atoms with E-state index in [4.69, 9.17) is 0 Å².